The van der Waals surface area contributed by atoms with E-state index >= 15 is 0 Å². The Morgan fingerprint density at radius 2 is 1.45 bits per heavy atom. The van der Waals surface area contributed by atoms with Crippen LogP contribution in [0.3, 0.4) is 0 Å². The first-order valence-electron chi connectivity index (χ1n) is 10.3. The summed E-state index contributed by atoms with van der Waals surface area (Å²) in [6.07, 6.45) is 1.60. The van der Waals surface area contributed by atoms with Gasteiger partial charge in [0.15, 0.2) is 0 Å². The molecule has 0 saturated carbocycles. The van der Waals surface area contributed by atoms with Gasteiger partial charge in [-0.05, 0) is 48.2 Å². The summed E-state index contributed by atoms with van der Waals surface area (Å²) in [5, 5.41) is 8.54. The maximum atomic E-state index is 12.3. The first-order chi connectivity index (χ1) is 14.9. The number of rotatable bonds is 7. The van der Waals surface area contributed by atoms with Gasteiger partial charge in [0.2, 0.25) is 0 Å². The van der Waals surface area contributed by atoms with Crippen molar-refractivity contribution in [2.24, 2.45) is 0 Å². The van der Waals surface area contributed by atoms with Crippen LogP contribution in [-0.4, -0.2) is 16.9 Å². The fourth-order valence-corrected chi connectivity index (χ4v) is 2.94. The molecule has 3 aromatic rings. The number of urea groups is 1. The highest BCUT2D eigenvalue weighted by atomic mass is 16.2. The van der Waals surface area contributed by atoms with Gasteiger partial charge in [-0.3, -0.25) is 9.78 Å². The molecule has 1 heterocycles. The van der Waals surface area contributed by atoms with Crippen molar-refractivity contribution in [3.05, 3.63) is 94.8 Å². The maximum Gasteiger partial charge on any atom is 0.319 e. The highest BCUT2D eigenvalue weighted by Gasteiger charge is 2.08. The van der Waals surface area contributed by atoms with Gasteiger partial charge < -0.3 is 16.0 Å². The zero-order chi connectivity index (χ0) is 22.2. The molecule has 0 radical (unpaired) electrons. The highest BCUT2D eigenvalue weighted by molar-refractivity contribution is 5.93. The molecular formula is C25H28N4O2. The number of nitrogens with one attached hydrogen (secondary N) is 3. The van der Waals surface area contributed by atoms with Crippen molar-refractivity contribution >= 4 is 17.6 Å². The van der Waals surface area contributed by atoms with Crippen LogP contribution in [0.25, 0.3) is 0 Å². The van der Waals surface area contributed by atoms with Crippen molar-refractivity contribution in [3.8, 4) is 0 Å². The Bertz CT molecular complexity index is 1010. The average molecular weight is 417 g/mol. The van der Waals surface area contributed by atoms with E-state index in [0.717, 1.165) is 16.8 Å². The van der Waals surface area contributed by atoms with E-state index in [9.17, 15) is 9.59 Å². The number of benzene rings is 2. The van der Waals surface area contributed by atoms with Crippen molar-refractivity contribution in [1.29, 1.82) is 0 Å². The van der Waals surface area contributed by atoms with Crippen LogP contribution >= 0.6 is 0 Å². The van der Waals surface area contributed by atoms with Crippen molar-refractivity contribution in [1.82, 2.24) is 15.6 Å². The van der Waals surface area contributed by atoms with Gasteiger partial charge in [0.1, 0.15) is 0 Å². The Morgan fingerprint density at radius 3 is 2.03 bits per heavy atom. The van der Waals surface area contributed by atoms with Gasteiger partial charge in [-0.1, -0.05) is 55.8 Å². The monoisotopic (exact) mass is 416 g/mol. The van der Waals surface area contributed by atoms with Gasteiger partial charge in [-0.15, -0.1) is 0 Å². The zero-order valence-corrected chi connectivity index (χ0v) is 18.1. The van der Waals surface area contributed by atoms with Crippen LogP contribution in [0, 0.1) is 6.92 Å². The third-order valence-corrected chi connectivity index (χ3v) is 4.88. The molecule has 0 saturated heterocycles. The molecule has 3 amide bonds. The lowest BCUT2D eigenvalue weighted by atomic mass is 10.1. The molecule has 6 heteroatoms. The predicted octanol–water partition coefficient (Wildman–Crippen LogP) is 4.77. The third-order valence-electron chi connectivity index (χ3n) is 4.88. The van der Waals surface area contributed by atoms with Crippen molar-refractivity contribution in [3.63, 3.8) is 0 Å². The standard InChI is InChI=1S/C25H28N4O2/c1-17(2)23-13-10-21(16-26-23)24(30)27-14-20-8-11-22(12-9-20)29-25(31)28-15-19-6-4-18(3)5-7-19/h4-13,16-17H,14-15H2,1-3H3,(H,27,30)(H2,28,29,31). The highest BCUT2D eigenvalue weighted by Crippen LogP contribution is 2.12. The second-order valence-electron chi connectivity index (χ2n) is 7.80. The quantitative estimate of drug-likeness (QED) is 0.519. The summed E-state index contributed by atoms with van der Waals surface area (Å²) in [7, 11) is 0. The van der Waals surface area contributed by atoms with Gasteiger partial charge in [-0.2, -0.15) is 0 Å². The van der Waals surface area contributed by atoms with E-state index in [2.05, 4.69) is 34.8 Å². The predicted molar refractivity (Wildman–Crippen MR) is 123 cm³/mol. The first kappa shape index (κ1) is 22.0. The third kappa shape index (κ3) is 6.67. The minimum absolute atomic E-state index is 0.166. The van der Waals surface area contributed by atoms with Crippen LogP contribution in [-0.2, 0) is 13.1 Å². The number of aromatic nitrogens is 1. The topological polar surface area (TPSA) is 83.1 Å². The molecule has 160 valence electrons. The summed E-state index contributed by atoms with van der Waals surface area (Å²) in [4.78, 5) is 28.7. The lowest BCUT2D eigenvalue weighted by Crippen LogP contribution is -2.28. The number of aryl methyl sites for hydroxylation is 1. The molecule has 0 atom stereocenters. The molecule has 0 aliphatic heterocycles. The molecule has 31 heavy (non-hydrogen) atoms. The summed E-state index contributed by atoms with van der Waals surface area (Å²) in [5.74, 6) is 0.161. The lowest BCUT2D eigenvalue weighted by molar-refractivity contribution is 0.0950. The molecule has 3 N–H and O–H groups in total. The molecule has 6 nitrogen and oxygen atoms in total. The summed E-state index contributed by atoms with van der Waals surface area (Å²) < 4.78 is 0. The van der Waals surface area contributed by atoms with Crippen LogP contribution in [0.1, 0.15) is 52.5 Å². The largest absolute Gasteiger partial charge is 0.348 e. The van der Waals surface area contributed by atoms with E-state index in [0.29, 0.717) is 30.3 Å². The molecule has 2 aromatic carbocycles. The number of carbonyl (C=O) groups excluding carboxylic acids is 2. The van der Waals surface area contributed by atoms with Crippen molar-refractivity contribution in [2.75, 3.05) is 5.32 Å². The molecule has 0 bridgehead atoms. The second-order valence-corrected chi connectivity index (χ2v) is 7.80. The van der Waals surface area contributed by atoms with Gasteiger partial charge >= 0.3 is 6.03 Å². The number of hydrogen-bond donors (Lipinski definition) is 3. The Labute approximate surface area is 183 Å². The number of anilines is 1. The van der Waals surface area contributed by atoms with Gasteiger partial charge in [0.25, 0.3) is 5.91 Å². The Kier molecular flexibility index (Phi) is 7.38. The number of pyridine rings is 1. The minimum Gasteiger partial charge on any atom is -0.348 e. The molecule has 0 spiro atoms. The van der Waals surface area contributed by atoms with Crippen molar-refractivity contribution in [2.45, 2.75) is 39.8 Å². The fourth-order valence-electron chi connectivity index (χ4n) is 2.94. The summed E-state index contributed by atoms with van der Waals surface area (Å²) in [6, 6.07) is 18.8. The Hall–Kier alpha value is -3.67. The minimum atomic E-state index is -0.265. The van der Waals surface area contributed by atoms with Crippen LogP contribution in [0.5, 0.6) is 0 Å². The average Bonchev–Trinajstić information content (AvgIpc) is 2.78. The summed E-state index contributed by atoms with van der Waals surface area (Å²) >= 11 is 0. The molecule has 1 aromatic heterocycles. The molecule has 3 rings (SSSR count). The van der Waals surface area contributed by atoms with Crippen molar-refractivity contribution < 1.29 is 9.59 Å². The molecule has 0 unspecified atom stereocenters. The molecule has 0 aliphatic carbocycles. The fraction of sp³-hybridized carbons (Fsp3) is 0.240. The number of carbonyl (C=O) groups is 2. The summed E-state index contributed by atoms with van der Waals surface area (Å²) in [5.41, 5.74) is 5.34. The Morgan fingerprint density at radius 1 is 0.839 bits per heavy atom. The van der Waals surface area contributed by atoms with Crippen LogP contribution in [0.4, 0.5) is 10.5 Å². The van der Waals surface area contributed by atoms with Crippen LogP contribution in [0.15, 0.2) is 66.9 Å². The van der Waals surface area contributed by atoms with Crippen LogP contribution < -0.4 is 16.0 Å². The van der Waals surface area contributed by atoms with E-state index in [1.165, 1.54) is 5.56 Å². The molecule has 0 fully saturated rings. The second kappa shape index (κ2) is 10.4. The number of amides is 3. The maximum absolute atomic E-state index is 12.3. The Balaban J connectivity index is 1.45. The molecular weight excluding hydrogens is 388 g/mol. The van der Waals surface area contributed by atoms with E-state index in [4.69, 9.17) is 0 Å². The van der Waals surface area contributed by atoms with Gasteiger partial charge in [-0.25, -0.2) is 4.79 Å². The van der Waals surface area contributed by atoms with E-state index in [1.54, 1.807) is 12.3 Å². The van der Waals surface area contributed by atoms with Gasteiger partial charge in [0.05, 0.1) is 5.56 Å². The molecule has 0 aliphatic rings. The summed E-state index contributed by atoms with van der Waals surface area (Å²) in [6.45, 7) is 7.01. The van der Waals surface area contributed by atoms with E-state index in [1.807, 2.05) is 61.5 Å². The van der Waals surface area contributed by atoms with E-state index in [-0.39, 0.29) is 11.9 Å². The lowest BCUT2D eigenvalue weighted by Gasteiger charge is -2.10. The normalized spacial score (nSPS) is 10.6. The SMILES string of the molecule is Cc1ccc(CNC(=O)Nc2ccc(CNC(=O)c3ccc(C(C)C)nc3)cc2)cc1. The van der Waals surface area contributed by atoms with Gasteiger partial charge in [0, 0.05) is 30.7 Å². The first-order valence-corrected chi connectivity index (χ1v) is 10.3. The van der Waals surface area contributed by atoms with Crippen LogP contribution in [0.2, 0.25) is 0 Å². The number of nitrogens with zero attached hydrogens (tertiary/aromatic N) is 1. The zero-order valence-electron chi connectivity index (χ0n) is 18.1. The van der Waals surface area contributed by atoms with E-state index < -0.39 is 0 Å². The smallest absolute Gasteiger partial charge is 0.319 e. The number of hydrogen-bond acceptors (Lipinski definition) is 3.